The summed E-state index contributed by atoms with van der Waals surface area (Å²) in [5, 5.41) is 4.59. The van der Waals surface area contributed by atoms with Gasteiger partial charge in [0.05, 0.1) is 12.7 Å². The molecule has 1 atom stereocenters. The second-order valence-corrected chi connectivity index (χ2v) is 10.1. The van der Waals surface area contributed by atoms with Crippen molar-refractivity contribution in [3.05, 3.63) is 11.8 Å². The zero-order valence-electron chi connectivity index (χ0n) is 18.8. The fourth-order valence-corrected chi connectivity index (χ4v) is 4.86. The number of unbranched alkanes of at least 4 members (excludes halogenated alkanes) is 2. The fourth-order valence-electron chi connectivity index (χ4n) is 4.86. The van der Waals surface area contributed by atoms with Crippen molar-refractivity contribution in [2.45, 2.75) is 85.5 Å². The van der Waals surface area contributed by atoms with Crippen LogP contribution in [0.1, 0.15) is 85.5 Å². The molecule has 158 valence electrons. The van der Waals surface area contributed by atoms with Gasteiger partial charge in [-0.25, -0.2) is 0 Å². The zero-order valence-corrected chi connectivity index (χ0v) is 18.8. The Labute approximate surface area is 172 Å². The lowest BCUT2D eigenvalue weighted by atomic mass is 9.75. The van der Waals surface area contributed by atoms with Crippen molar-refractivity contribution >= 4 is 12.1 Å². The van der Waals surface area contributed by atoms with E-state index in [1.807, 2.05) is 4.68 Å². The number of hydrogen-bond acceptors (Lipinski definition) is 3. The van der Waals surface area contributed by atoms with Gasteiger partial charge >= 0.3 is 0 Å². The van der Waals surface area contributed by atoms with Gasteiger partial charge in [0, 0.05) is 17.9 Å². The molecule has 0 aromatic rings. The van der Waals surface area contributed by atoms with Gasteiger partial charge in [-0.3, -0.25) is 0 Å². The quantitative estimate of drug-likeness (QED) is 0.409. The SMILES string of the molecule is CCCC1CC=[N+]2N=C(OCCCCCN3CCC(C(C)(C)C)CC3)C=C2C1. The van der Waals surface area contributed by atoms with Crippen molar-refractivity contribution in [1.29, 1.82) is 0 Å². The van der Waals surface area contributed by atoms with Gasteiger partial charge in [-0.2, -0.15) is 0 Å². The van der Waals surface area contributed by atoms with Crippen molar-refractivity contribution in [3.63, 3.8) is 0 Å². The standard InChI is InChI=1S/C24H42N3O/c1-5-9-20-10-16-27-22(18-20)19-23(25-27)28-17-8-6-7-13-26-14-11-21(12-15-26)24(2,3)4/h16,19-21H,5-15,17-18H2,1-4H3/q+1. The molecule has 0 spiro atoms. The Morgan fingerprint density at radius 2 is 1.96 bits per heavy atom. The summed E-state index contributed by atoms with van der Waals surface area (Å²) in [6, 6.07) is 0. The summed E-state index contributed by atoms with van der Waals surface area (Å²) in [5.41, 5.74) is 1.79. The van der Waals surface area contributed by atoms with Crippen LogP contribution in [-0.4, -0.2) is 47.9 Å². The van der Waals surface area contributed by atoms with E-state index in [-0.39, 0.29) is 0 Å². The van der Waals surface area contributed by atoms with Crippen molar-refractivity contribution < 1.29 is 9.42 Å². The maximum absolute atomic E-state index is 5.93. The van der Waals surface area contributed by atoms with E-state index in [0.29, 0.717) is 5.41 Å². The Hall–Kier alpha value is -1.16. The van der Waals surface area contributed by atoms with Gasteiger partial charge in [-0.15, -0.1) is 0 Å². The Bertz CT molecular complexity index is 591. The first kappa shape index (κ1) is 21.5. The molecule has 3 aliphatic rings. The molecule has 0 amide bonds. The summed E-state index contributed by atoms with van der Waals surface area (Å²) in [7, 11) is 0. The molecule has 0 saturated carbocycles. The molecule has 0 aromatic heterocycles. The highest BCUT2D eigenvalue weighted by atomic mass is 16.5. The first-order valence-corrected chi connectivity index (χ1v) is 11.7. The number of hydrazone groups is 1. The number of piperidine rings is 1. The molecule has 4 heteroatoms. The van der Waals surface area contributed by atoms with Crippen molar-refractivity contribution in [2.75, 3.05) is 26.2 Å². The van der Waals surface area contributed by atoms with E-state index in [9.17, 15) is 0 Å². The van der Waals surface area contributed by atoms with Gasteiger partial charge in [0.1, 0.15) is 0 Å². The second-order valence-electron chi connectivity index (χ2n) is 10.1. The van der Waals surface area contributed by atoms with Crippen LogP contribution in [0.3, 0.4) is 0 Å². The monoisotopic (exact) mass is 388 g/mol. The lowest BCUT2D eigenvalue weighted by Crippen LogP contribution is -2.38. The molecule has 28 heavy (non-hydrogen) atoms. The van der Waals surface area contributed by atoms with Crippen LogP contribution in [0.15, 0.2) is 16.9 Å². The molecule has 0 radical (unpaired) electrons. The number of nitrogens with zero attached hydrogens (tertiary/aromatic N) is 3. The van der Waals surface area contributed by atoms with E-state index in [2.05, 4.69) is 50.0 Å². The number of likely N-dealkylation sites (tertiary alicyclic amines) is 1. The smallest absolute Gasteiger partial charge is 0.285 e. The van der Waals surface area contributed by atoms with Crippen LogP contribution in [0.4, 0.5) is 0 Å². The van der Waals surface area contributed by atoms with Gasteiger partial charge < -0.3 is 9.64 Å². The third kappa shape index (κ3) is 6.17. The molecule has 3 rings (SSSR count). The summed E-state index contributed by atoms with van der Waals surface area (Å²) in [6.07, 6.45) is 15.7. The summed E-state index contributed by atoms with van der Waals surface area (Å²) < 4.78 is 7.98. The summed E-state index contributed by atoms with van der Waals surface area (Å²) in [5.74, 6) is 2.50. The molecule has 0 N–H and O–H groups in total. The van der Waals surface area contributed by atoms with Gasteiger partial charge in [-0.05, 0) is 75.4 Å². The predicted molar refractivity (Wildman–Crippen MR) is 118 cm³/mol. The van der Waals surface area contributed by atoms with E-state index in [4.69, 9.17) is 4.74 Å². The normalized spacial score (nSPS) is 23.9. The average molecular weight is 389 g/mol. The third-order valence-electron chi connectivity index (χ3n) is 6.78. The van der Waals surface area contributed by atoms with E-state index in [0.717, 1.165) is 43.6 Å². The predicted octanol–water partition coefficient (Wildman–Crippen LogP) is 5.44. The maximum atomic E-state index is 5.93. The minimum atomic E-state index is 0.477. The Morgan fingerprint density at radius 1 is 1.18 bits per heavy atom. The van der Waals surface area contributed by atoms with Gasteiger partial charge in [0.2, 0.25) is 5.70 Å². The summed E-state index contributed by atoms with van der Waals surface area (Å²) in [4.78, 5) is 2.66. The van der Waals surface area contributed by atoms with Crippen molar-refractivity contribution in [1.82, 2.24) is 4.90 Å². The Kier molecular flexibility index (Phi) is 7.73. The molecular formula is C24H42N3O+. The second kappa shape index (κ2) is 10.0. The van der Waals surface area contributed by atoms with Crippen molar-refractivity contribution in [2.24, 2.45) is 22.4 Å². The van der Waals surface area contributed by atoms with Crippen LogP contribution >= 0.6 is 0 Å². The first-order valence-electron chi connectivity index (χ1n) is 11.7. The van der Waals surface area contributed by atoms with Crippen molar-refractivity contribution in [3.8, 4) is 0 Å². The fraction of sp³-hybridized carbons (Fsp3) is 0.833. The third-order valence-corrected chi connectivity index (χ3v) is 6.78. The van der Waals surface area contributed by atoms with Crippen LogP contribution < -0.4 is 0 Å². The van der Waals surface area contributed by atoms with Crippen LogP contribution in [0.2, 0.25) is 0 Å². The molecule has 4 nitrogen and oxygen atoms in total. The molecule has 0 bridgehead atoms. The molecule has 0 aromatic carbocycles. The summed E-state index contributed by atoms with van der Waals surface area (Å²) in [6.45, 7) is 14.1. The molecule has 3 heterocycles. The lowest BCUT2D eigenvalue weighted by molar-refractivity contribution is -0.482. The highest BCUT2D eigenvalue weighted by Crippen LogP contribution is 2.34. The molecule has 1 saturated heterocycles. The van der Waals surface area contributed by atoms with Gasteiger partial charge in [0.15, 0.2) is 6.21 Å². The number of fused-ring (bicyclic) bond motifs is 1. The minimum absolute atomic E-state index is 0.477. The van der Waals surface area contributed by atoms with Crippen LogP contribution in [0.5, 0.6) is 0 Å². The molecule has 3 aliphatic heterocycles. The first-order chi connectivity index (χ1) is 13.5. The number of allylic oxidation sites excluding steroid dienone is 1. The van der Waals surface area contributed by atoms with Gasteiger partial charge in [-0.1, -0.05) is 38.8 Å². The molecule has 1 fully saturated rings. The zero-order chi connectivity index (χ0) is 20.0. The van der Waals surface area contributed by atoms with Crippen LogP contribution in [0, 0.1) is 17.3 Å². The van der Waals surface area contributed by atoms with Gasteiger partial charge in [0.25, 0.3) is 5.90 Å². The molecule has 0 aliphatic carbocycles. The molecular weight excluding hydrogens is 346 g/mol. The number of ether oxygens (including phenoxy) is 1. The average Bonchev–Trinajstić information content (AvgIpc) is 3.06. The van der Waals surface area contributed by atoms with E-state index >= 15 is 0 Å². The van der Waals surface area contributed by atoms with E-state index < -0.39 is 0 Å². The van der Waals surface area contributed by atoms with Crippen LogP contribution in [0.25, 0.3) is 0 Å². The Balaban J connectivity index is 1.26. The number of rotatable bonds is 8. The topological polar surface area (TPSA) is 27.8 Å². The van der Waals surface area contributed by atoms with E-state index in [1.54, 1.807) is 0 Å². The largest absolute Gasteiger partial charge is 0.474 e. The lowest BCUT2D eigenvalue weighted by Gasteiger charge is -2.38. The highest BCUT2D eigenvalue weighted by molar-refractivity contribution is 5.89. The minimum Gasteiger partial charge on any atom is -0.474 e. The number of hydrogen-bond donors (Lipinski definition) is 0. The summed E-state index contributed by atoms with van der Waals surface area (Å²) >= 11 is 0. The van der Waals surface area contributed by atoms with Crippen LogP contribution in [-0.2, 0) is 4.74 Å². The Morgan fingerprint density at radius 3 is 2.68 bits per heavy atom. The highest BCUT2D eigenvalue weighted by Gasteiger charge is 2.31. The molecule has 1 unspecified atom stereocenters. The van der Waals surface area contributed by atoms with E-state index in [1.165, 1.54) is 63.9 Å². The maximum Gasteiger partial charge on any atom is 0.285 e.